The number of para-hydroxylation sites is 1. The third-order valence-electron chi connectivity index (χ3n) is 3.81. The van der Waals surface area contributed by atoms with Crippen molar-refractivity contribution in [3.8, 4) is 0 Å². The molecule has 0 spiro atoms. The number of hydrogen-bond acceptors (Lipinski definition) is 5. The molecule has 2 rings (SSSR count). The van der Waals surface area contributed by atoms with Gasteiger partial charge in [0, 0.05) is 5.69 Å². The molecule has 0 saturated heterocycles. The van der Waals surface area contributed by atoms with Gasteiger partial charge in [-0.3, -0.25) is 29.4 Å². The zero-order valence-corrected chi connectivity index (χ0v) is 16.5. The first-order valence-corrected chi connectivity index (χ1v) is 10.0. The van der Waals surface area contributed by atoms with Crippen molar-refractivity contribution in [3.05, 3.63) is 47.3 Å². The van der Waals surface area contributed by atoms with Crippen LogP contribution in [0.15, 0.2) is 30.3 Å². The highest BCUT2D eigenvalue weighted by molar-refractivity contribution is 7.92. The van der Waals surface area contributed by atoms with Gasteiger partial charge in [-0.05, 0) is 38.5 Å². The van der Waals surface area contributed by atoms with E-state index < -0.39 is 28.4 Å². The van der Waals surface area contributed by atoms with Crippen molar-refractivity contribution in [1.29, 1.82) is 0 Å². The van der Waals surface area contributed by atoms with E-state index in [9.17, 15) is 18.0 Å². The van der Waals surface area contributed by atoms with Crippen molar-refractivity contribution in [1.82, 2.24) is 20.6 Å². The first kappa shape index (κ1) is 20.4. The maximum absolute atomic E-state index is 12.2. The molecule has 0 aliphatic heterocycles. The summed E-state index contributed by atoms with van der Waals surface area (Å²) in [6.07, 6.45) is 1.02. The van der Waals surface area contributed by atoms with Crippen molar-refractivity contribution >= 4 is 27.5 Å². The van der Waals surface area contributed by atoms with Crippen LogP contribution in [0.4, 0.5) is 5.69 Å². The number of nitrogens with zero attached hydrogens (tertiary/aromatic N) is 3. The van der Waals surface area contributed by atoms with Gasteiger partial charge < -0.3 is 0 Å². The average molecular weight is 393 g/mol. The predicted molar refractivity (Wildman–Crippen MR) is 101 cm³/mol. The van der Waals surface area contributed by atoms with Gasteiger partial charge in [0.2, 0.25) is 10.0 Å². The van der Waals surface area contributed by atoms with E-state index in [1.807, 2.05) is 19.9 Å². The topological polar surface area (TPSA) is 113 Å². The quantitative estimate of drug-likeness (QED) is 0.691. The number of aryl methyl sites for hydroxylation is 3. The van der Waals surface area contributed by atoms with Gasteiger partial charge >= 0.3 is 0 Å². The van der Waals surface area contributed by atoms with Crippen molar-refractivity contribution in [2.75, 3.05) is 17.1 Å². The monoisotopic (exact) mass is 393 g/mol. The maximum atomic E-state index is 12.2. The lowest BCUT2D eigenvalue weighted by Crippen LogP contribution is -2.48. The van der Waals surface area contributed by atoms with E-state index in [0.717, 1.165) is 21.9 Å². The molecule has 2 amide bonds. The smallest absolute Gasteiger partial charge is 0.260 e. The van der Waals surface area contributed by atoms with Gasteiger partial charge in [0.15, 0.2) is 0 Å². The zero-order valence-electron chi connectivity index (χ0n) is 15.7. The summed E-state index contributed by atoms with van der Waals surface area (Å²) in [6, 6.07) is 8.66. The van der Waals surface area contributed by atoms with Crippen LogP contribution in [0, 0.1) is 20.8 Å². The molecule has 9 nitrogen and oxygen atoms in total. The summed E-state index contributed by atoms with van der Waals surface area (Å²) in [5.74, 6) is -1.14. The molecular weight excluding hydrogens is 370 g/mol. The summed E-state index contributed by atoms with van der Waals surface area (Å²) >= 11 is 0. The second kappa shape index (κ2) is 8.21. The molecule has 27 heavy (non-hydrogen) atoms. The minimum atomic E-state index is -3.68. The summed E-state index contributed by atoms with van der Waals surface area (Å²) in [7, 11) is -3.68. The molecule has 0 radical (unpaired) electrons. The van der Waals surface area contributed by atoms with Crippen LogP contribution in [0.1, 0.15) is 17.0 Å². The summed E-state index contributed by atoms with van der Waals surface area (Å²) < 4.78 is 26.7. The van der Waals surface area contributed by atoms with Crippen LogP contribution in [0.25, 0.3) is 0 Å². The lowest BCUT2D eigenvalue weighted by Gasteiger charge is -2.23. The second-order valence-electron chi connectivity index (χ2n) is 6.24. The number of carbonyl (C=O) groups excluding carboxylic acids is 2. The fourth-order valence-electron chi connectivity index (χ4n) is 2.54. The molecule has 0 aliphatic carbocycles. The highest BCUT2D eigenvalue weighted by atomic mass is 32.2. The Bertz CT molecular complexity index is 952. The first-order chi connectivity index (χ1) is 12.6. The van der Waals surface area contributed by atoms with E-state index in [1.165, 1.54) is 4.68 Å². The Morgan fingerprint density at radius 2 is 1.74 bits per heavy atom. The number of aromatic nitrogens is 2. The predicted octanol–water partition coefficient (Wildman–Crippen LogP) is 0.422. The number of carbonyl (C=O) groups is 2. The molecule has 2 aromatic rings. The van der Waals surface area contributed by atoms with E-state index in [0.29, 0.717) is 11.3 Å². The standard InChI is InChI=1S/C17H23N5O4S/c1-12-7-5-6-8-15(12)22(27(4,25)26)11-17(24)19-18-16(23)10-21-14(3)9-13(2)20-21/h5-9H,10-11H2,1-4H3,(H,18,23)(H,19,24). The van der Waals surface area contributed by atoms with Crippen LogP contribution in [0.2, 0.25) is 0 Å². The van der Waals surface area contributed by atoms with Crippen LogP contribution < -0.4 is 15.2 Å². The van der Waals surface area contributed by atoms with Gasteiger partial charge in [-0.15, -0.1) is 0 Å². The highest BCUT2D eigenvalue weighted by Crippen LogP contribution is 2.21. The summed E-state index contributed by atoms with van der Waals surface area (Å²) in [6.45, 7) is 4.87. The molecule has 1 heterocycles. The molecule has 1 aromatic carbocycles. The molecular formula is C17H23N5O4S. The number of hydrazine groups is 1. The molecule has 2 N–H and O–H groups in total. The van der Waals surface area contributed by atoms with Gasteiger partial charge in [0.25, 0.3) is 11.8 Å². The Balaban J connectivity index is 1.99. The third kappa shape index (κ3) is 5.55. The fraction of sp³-hybridized carbons (Fsp3) is 0.353. The molecule has 10 heteroatoms. The first-order valence-electron chi connectivity index (χ1n) is 8.20. The van der Waals surface area contributed by atoms with Gasteiger partial charge in [-0.1, -0.05) is 18.2 Å². The van der Waals surface area contributed by atoms with Crippen LogP contribution >= 0.6 is 0 Å². The molecule has 0 unspecified atom stereocenters. The summed E-state index contributed by atoms with van der Waals surface area (Å²) in [5.41, 5.74) is 7.22. The Morgan fingerprint density at radius 3 is 2.30 bits per heavy atom. The minimum Gasteiger partial charge on any atom is -0.271 e. The van der Waals surface area contributed by atoms with Crippen molar-refractivity contribution in [3.63, 3.8) is 0 Å². The van der Waals surface area contributed by atoms with E-state index in [1.54, 1.807) is 31.2 Å². The van der Waals surface area contributed by atoms with Gasteiger partial charge in [-0.25, -0.2) is 8.42 Å². The molecule has 0 saturated carbocycles. The molecule has 146 valence electrons. The lowest BCUT2D eigenvalue weighted by atomic mass is 10.2. The Morgan fingerprint density at radius 1 is 1.11 bits per heavy atom. The van der Waals surface area contributed by atoms with E-state index >= 15 is 0 Å². The molecule has 0 fully saturated rings. The van der Waals surface area contributed by atoms with Crippen molar-refractivity contribution in [2.45, 2.75) is 27.3 Å². The number of rotatable bonds is 6. The number of hydrogen-bond donors (Lipinski definition) is 2. The number of benzene rings is 1. The SMILES string of the molecule is Cc1cc(C)n(CC(=O)NNC(=O)CN(c2ccccc2C)S(C)(=O)=O)n1. The zero-order chi connectivity index (χ0) is 20.2. The van der Waals surface area contributed by atoms with Crippen LogP contribution in [0.5, 0.6) is 0 Å². The number of anilines is 1. The van der Waals surface area contributed by atoms with Crippen molar-refractivity contribution < 1.29 is 18.0 Å². The maximum Gasteiger partial charge on any atom is 0.260 e. The Kier molecular flexibility index (Phi) is 6.21. The van der Waals surface area contributed by atoms with E-state index in [-0.39, 0.29) is 6.54 Å². The molecule has 1 aromatic heterocycles. The average Bonchev–Trinajstić information content (AvgIpc) is 2.88. The highest BCUT2D eigenvalue weighted by Gasteiger charge is 2.22. The van der Waals surface area contributed by atoms with Crippen LogP contribution in [0.3, 0.4) is 0 Å². The van der Waals surface area contributed by atoms with Gasteiger partial charge in [0.05, 0.1) is 17.6 Å². The Hall–Kier alpha value is -2.88. The second-order valence-corrected chi connectivity index (χ2v) is 8.14. The van der Waals surface area contributed by atoms with E-state index in [2.05, 4.69) is 16.0 Å². The molecule has 0 aliphatic rings. The number of amides is 2. The van der Waals surface area contributed by atoms with Crippen LogP contribution in [-0.2, 0) is 26.2 Å². The largest absolute Gasteiger partial charge is 0.271 e. The lowest BCUT2D eigenvalue weighted by molar-refractivity contribution is -0.128. The molecule has 0 bridgehead atoms. The molecule has 0 atom stereocenters. The van der Waals surface area contributed by atoms with Gasteiger partial charge in [0.1, 0.15) is 13.1 Å². The van der Waals surface area contributed by atoms with Gasteiger partial charge in [-0.2, -0.15) is 5.10 Å². The van der Waals surface area contributed by atoms with Crippen molar-refractivity contribution in [2.24, 2.45) is 0 Å². The summed E-state index contributed by atoms with van der Waals surface area (Å²) in [4.78, 5) is 24.1. The minimum absolute atomic E-state index is 0.0620. The third-order valence-corrected chi connectivity index (χ3v) is 4.94. The fourth-order valence-corrected chi connectivity index (χ4v) is 3.46. The summed E-state index contributed by atoms with van der Waals surface area (Å²) in [5, 5.41) is 4.16. The number of sulfonamides is 1. The normalized spacial score (nSPS) is 11.1. The van der Waals surface area contributed by atoms with E-state index in [4.69, 9.17) is 0 Å². The number of nitrogens with one attached hydrogen (secondary N) is 2. The van der Waals surface area contributed by atoms with Crippen LogP contribution in [-0.4, -0.2) is 42.8 Å². The Labute approximate surface area is 158 Å².